The molecule has 0 heterocycles. The molecular weight excluding hydrogens is 700 g/mol. The summed E-state index contributed by atoms with van der Waals surface area (Å²) < 4.78 is 0. The Bertz CT molecular complexity index is 1350. The van der Waals surface area contributed by atoms with E-state index >= 15 is 0 Å². The molecule has 42 heavy (non-hydrogen) atoms. The number of rotatable bonds is 11. The SMILES string of the molecule is CSCCNCCP(c1ccccc1)c1ccccc1.Clc1cccc(P(c2ccccc2)c2ccccc2)c1Cl.[Ru+2]. The maximum atomic E-state index is 6.47. The Kier molecular flexibility index (Phi) is 16.4. The van der Waals surface area contributed by atoms with Gasteiger partial charge >= 0.3 is 19.5 Å². The van der Waals surface area contributed by atoms with Crippen molar-refractivity contribution in [2.24, 2.45) is 0 Å². The molecule has 5 aromatic rings. The van der Waals surface area contributed by atoms with Crippen molar-refractivity contribution in [2.75, 3.05) is 31.3 Å². The predicted molar refractivity (Wildman–Crippen MR) is 190 cm³/mol. The summed E-state index contributed by atoms with van der Waals surface area (Å²) in [5.74, 6) is 1.19. The zero-order chi connectivity index (χ0) is 28.7. The number of halogens is 2. The Labute approximate surface area is 281 Å². The predicted octanol–water partition coefficient (Wildman–Crippen LogP) is 7.82. The number of thioether (sulfide) groups is 1. The van der Waals surface area contributed by atoms with Crippen molar-refractivity contribution in [3.8, 4) is 0 Å². The van der Waals surface area contributed by atoms with E-state index in [0.717, 1.165) is 18.4 Å². The molecule has 5 rings (SSSR count). The smallest absolute Gasteiger partial charge is 0.316 e. The van der Waals surface area contributed by atoms with Crippen LogP contribution in [0.1, 0.15) is 0 Å². The molecular formula is C35H35Cl2NP2RuS+2. The molecule has 0 bridgehead atoms. The van der Waals surface area contributed by atoms with E-state index in [1.807, 2.05) is 36.0 Å². The van der Waals surface area contributed by atoms with Crippen LogP contribution in [0.15, 0.2) is 140 Å². The molecule has 0 saturated heterocycles. The molecule has 0 aliphatic rings. The van der Waals surface area contributed by atoms with Crippen LogP contribution >= 0.6 is 50.8 Å². The molecule has 216 valence electrons. The minimum atomic E-state index is -0.699. The molecule has 0 spiro atoms. The van der Waals surface area contributed by atoms with Gasteiger partial charge in [0.25, 0.3) is 0 Å². The summed E-state index contributed by atoms with van der Waals surface area (Å²) in [4.78, 5) is 0. The Morgan fingerprint density at radius 1 is 0.571 bits per heavy atom. The Hall–Kier alpha value is -1.53. The Morgan fingerprint density at radius 2 is 1.02 bits per heavy atom. The van der Waals surface area contributed by atoms with Crippen LogP contribution in [0.25, 0.3) is 0 Å². The van der Waals surface area contributed by atoms with Crippen LogP contribution in [0.5, 0.6) is 0 Å². The standard InChI is InChI=1S/C18H13Cl2P.C17H22NPS.Ru/c19-16-12-7-13-17(18(16)20)21(14-8-3-1-4-9-14)15-10-5-2-6-11-15;1-20-15-13-18-12-14-19(16-8-4-2-5-9-16)17-10-6-3-7-11-17;/h1-13H;2-11,18H,12-15H2,1H3;/q;;+2. The van der Waals surface area contributed by atoms with Gasteiger partial charge < -0.3 is 5.32 Å². The number of benzene rings is 5. The van der Waals surface area contributed by atoms with Crippen molar-refractivity contribution >= 4 is 77.3 Å². The summed E-state index contributed by atoms with van der Waals surface area (Å²) in [6.07, 6.45) is 3.36. The zero-order valence-electron chi connectivity index (χ0n) is 23.5. The van der Waals surface area contributed by atoms with Gasteiger partial charge in [-0.1, -0.05) is 157 Å². The minimum Gasteiger partial charge on any atom is -0.316 e. The maximum absolute atomic E-state index is 6.47. The second-order valence-electron chi connectivity index (χ2n) is 9.14. The van der Waals surface area contributed by atoms with Gasteiger partial charge in [-0.2, -0.15) is 11.8 Å². The fraction of sp³-hybridized carbons (Fsp3) is 0.143. The summed E-state index contributed by atoms with van der Waals surface area (Å²) in [5, 5.41) is 11.4. The quantitative estimate of drug-likeness (QED) is 0.0845. The maximum Gasteiger partial charge on any atom is 2.00 e. The van der Waals surface area contributed by atoms with Crippen LogP contribution in [-0.2, 0) is 19.5 Å². The van der Waals surface area contributed by atoms with Gasteiger partial charge in [0.15, 0.2) is 0 Å². The molecule has 5 aromatic carbocycles. The summed E-state index contributed by atoms with van der Waals surface area (Å²) in [6, 6.07) is 48.6. The summed E-state index contributed by atoms with van der Waals surface area (Å²) in [6.45, 7) is 2.20. The van der Waals surface area contributed by atoms with Gasteiger partial charge in [0.1, 0.15) is 0 Å². The minimum absolute atomic E-state index is 0. The molecule has 0 amide bonds. The molecule has 0 aromatic heterocycles. The van der Waals surface area contributed by atoms with Crippen LogP contribution in [0.4, 0.5) is 0 Å². The largest absolute Gasteiger partial charge is 2.00 e. The number of nitrogens with one attached hydrogen (secondary N) is 1. The van der Waals surface area contributed by atoms with E-state index in [-0.39, 0.29) is 27.4 Å². The molecule has 0 aliphatic heterocycles. The van der Waals surface area contributed by atoms with E-state index in [1.165, 1.54) is 33.1 Å². The third-order valence-electron chi connectivity index (χ3n) is 6.33. The summed E-state index contributed by atoms with van der Waals surface area (Å²) >= 11 is 14.6. The first-order chi connectivity index (χ1) is 20.2. The fourth-order valence-corrected chi connectivity index (χ4v) is 9.94. The van der Waals surface area contributed by atoms with Gasteiger partial charge in [-0.15, -0.1) is 0 Å². The third-order valence-corrected chi connectivity index (χ3v) is 12.9. The molecule has 0 atom stereocenters. The average Bonchev–Trinajstić information content (AvgIpc) is 3.03. The van der Waals surface area contributed by atoms with Gasteiger partial charge in [0.2, 0.25) is 0 Å². The first-order valence-electron chi connectivity index (χ1n) is 13.6. The second-order valence-corrected chi connectivity index (χ2v) is 15.4. The van der Waals surface area contributed by atoms with Crippen LogP contribution in [0.2, 0.25) is 10.0 Å². The van der Waals surface area contributed by atoms with Crippen LogP contribution in [-0.4, -0.2) is 31.3 Å². The van der Waals surface area contributed by atoms with Crippen LogP contribution in [0, 0.1) is 0 Å². The van der Waals surface area contributed by atoms with E-state index in [9.17, 15) is 0 Å². The number of hydrogen-bond acceptors (Lipinski definition) is 2. The monoisotopic (exact) mass is 735 g/mol. The molecule has 0 radical (unpaired) electrons. The van der Waals surface area contributed by atoms with E-state index in [2.05, 4.69) is 127 Å². The van der Waals surface area contributed by atoms with Crippen molar-refractivity contribution in [2.45, 2.75) is 0 Å². The Balaban J connectivity index is 0.000000225. The normalized spacial score (nSPS) is 10.6. The van der Waals surface area contributed by atoms with Crippen molar-refractivity contribution in [3.63, 3.8) is 0 Å². The number of hydrogen-bond donors (Lipinski definition) is 1. The molecule has 0 aliphatic carbocycles. The van der Waals surface area contributed by atoms with Crippen LogP contribution in [0.3, 0.4) is 0 Å². The fourth-order valence-electron chi connectivity index (χ4n) is 4.36. The molecule has 1 nitrogen and oxygen atoms in total. The van der Waals surface area contributed by atoms with Gasteiger partial charge in [0.05, 0.1) is 10.0 Å². The van der Waals surface area contributed by atoms with Crippen molar-refractivity contribution < 1.29 is 19.5 Å². The Morgan fingerprint density at radius 3 is 1.48 bits per heavy atom. The van der Waals surface area contributed by atoms with Gasteiger partial charge in [0, 0.05) is 17.6 Å². The van der Waals surface area contributed by atoms with Gasteiger partial charge in [-0.05, 0) is 62.1 Å². The average molecular weight is 736 g/mol. The van der Waals surface area contributed by atoms with E-state index in [4.69, 9.17) is 23.2 Å². The third kappa shape index (κ3) is 10.6. The van der Waals surface area contributed by atoms with Gasteiger partial charge in [-0.25, -0.2) is 0 Å². The molecule has 1 N–H and O–H groups in total. The molecule has 0 saturated carbocycles. The first-order valence-corrected chi connectivity index (χ1v) is 18.6. The zero-order valence-corrected chi connectivity index (χ0v) is 29.4. The van der Waals surface area contributed by atoms with Crippen molar-refractivity contribution in [1.29, 1.82) is 0 Å². The second kappa shape index (κ2) is 19.7. The summed E-state index contributed by atoms with van der Waals surface area (Å²) in [7, 11) is -0.940. The molecule has 7 heteroatoms. The molecule has 0 fully saturated rings. The van der Waals surface area contributed by atoms with Crippen LogP contribution < -0.4 is 31.8 Å². The van der Waals surface area contributed by atoms with E-state index in [1.54, 1.807) is 0 Å². The van der Waals surface area contributed by atoms with E-state index in [0.29, 0.717) is 10.0 Å². The van der Waals surface area contributed by atoms with E-state index < -0.39 is 7.92 Å². The topological polar surface area (TPSA) is 12.0 Å². The van der Waals surface area contributed by atoms with Crippen molar-refractivity contribution in [1.82, 2.24) is 5.32 Å². The van der Waals surface area contributed by atoms with Crippen molar-refractivity contribution in [3.05, 3.63) is 150 Å². The molecule has 0 unspecified atom stereocenters. The summed E-state index contributed by atoms with van der Waals surface area (Å²) in [5.41, 5.74) is 0. The van der Waals surface area contributed by atoms with Gasteiger partial charge in [-0.3, -0.25) is 0 Å². The first kappa shape index (κ1) is 35.0.